The largest absolute Gasteiger partial charge is 0.462 e. The van der Waals surface area contributed by atoms with Gasteiger partial charge in [0.15, 0.2) is 6.10 Å². The molecule has 0 bridgehead atoms. The van der Waals surface area contributed by atoms with Gasteiger partial charge in [0.2, 0.25) is 0 Å². The van der Waals surface area contributed by atoms with Crippen molar-refractivity contribution >= 4 is 11.9 Å². The summed E-state index contributed by atoms with van der Waals surface area (Å²) < 4.78 is 24.5. The Labute approximate surface area is 337 Å². The van der Waals surface area contributed by atoms with Gasteiger partial charge >= 0.3 is 11.9 Å². The Morgan fingerprint density at radius 3 is 1.19 bits per heavy atom. The van der Waals surface area contributed by atoms with Crippen LogP contribution >= 0.6 is 0 Å². The molecule has 0 aliphatic rings. The predicted octanol–water partition coefficient (Wildman–Crippen LogP) is 15.0. The molecule has 0 amide bonds. The second kappa shape index (κ2) is 37.4. The van der Waals surface area contributed by atoms with Crippen LogP contribution in [0.4, 0.5) is 0 Å². The summed E-state index contributed by atoms with van der Waals surface area (Å²) in [6.45, 7) is 16.2. The molecule has 0 saturated heterocycles. The first-order valence-corrected chi connectivity index (χ1v) is 23.9. The lowest BCUT2D eigenvalue weighted by Gasteiger charge is -2.35. The van der Waals surface area contributed by atoms with Crippen LogP contribution in [0.15, 0.2) is 0 Å². The van der Waals surface area contributed by atoms with Crippen molar-refractivity contribution in [2.75, 3.05) is 19.8 Å². The zero-order chi connectivity index (χ0) is 40.0. The van der Waals surface area contributed by atoms with E-state index in [1.165, 1.54) is 141 Å². The third-order valence-corrected chi connectivity index (χ3v) is 12.1. The van der Waals surface area contributed by atoms with Gasteiger partial charge in [-0.15, -0.1) is 0 Å². The minimum atomic E-state index is -0.606. The Hall–Kier alpha value is -1.14. The molecule has 0 spiro atoms. The van der Waals surface area contributed by atoms with Crippen LogP contribution in [0.25, 0.3) is 0 Å². The maximum Gasteiger partial charge on any atom is 0.306 e. The molecular weight excluding hydrogens is 673 g/mol. The summed E-state index contributed by atoms with van der Waals surface area (Å²) in [6, 6.07) is 0. The molecule has 1 unspecified atom stereocenters. The van der Waals surface area contributed by atoms with Crippen molar-refractivity contribution in [1.29, 1.82) is 0 Å². The maximum absolute atomic E-state index is 13.0. The number of rotatable bonds is 42. The van der Waals surface area contributed by atoms with Gasteiger partial charge in [0.05, 0.1) is 24.4 Å². The highest BCUT2D eigenvalue weighted by atomic mass is 16.6. The zero-order valence-corrected chi connectivity index (χ0v) is 37.5. The first-order chi connectivity index (χ1) is 26.2. The van der Waals surface area contributed by atoms with Crippen molar-refractivity contribution in [1.82, 2.24) is 0 Å². The smallest absolute Gasteiger partial charge is 0.306 e. The Kier molecular flexibility index (Phi) is 36.6. The van der Waals surface area contributed by atoms with Crippen LogP contribution in [0.5, 0.6) is 0 Å². The molecule has 0 aromatic rings. The summed E-state index contributed by atoms with van der Waals surface area (Å²) in [5.41, 5.74) is -0.499. The van der Waals surface area contributed by atoms with Gasteiger partial charge in [0.1, 0.15) is 6.61 Å². The molecule has 0 aromatic heterocycles. The second-order valence-electron chi connectivity index (χ2n) is 16.7. The number of hydrogen-bond acceptors (Lipinski definition) is 6. The maximum atomic E-state index is 13.0. The number of carbonyl (C=O) groups is 2. The third-order valence-electron chi connectivity index (χ3n) is 12.1. The molecule has 0 aromatic carbocycles. The van der Waals surface area contributed by atoms with Gasteiger partial charge in [-0.1, -0.05) is 196 Å². The average molecular weight is 767 g/mol. The standard InChI is InChI=1S/C48H94O6/c1-8-14-16-18-20-22-24-26-28-30-32-34-36-38-45(49)51-42-44(43-53-48(12-5,13-6)40-41-52-47(7,10-3)11-4)54-46(50)39-37-35-33-31-29-27-25-23-21-19-17-15-9-2/h44H,8-43H2,1-7H3. The molecule has 0 saturated carbocycles. The Morgan fingerprint density at radius 2 is 0.815 bits per heavy atom. The molecule has 6 nitrogen and oxygen atoms in total. The molecule has 0 aliphatic carbocycles. The van der Waals surface area contributed by atoms with Crippen molar-refractivity contribution < 1.29 is 28.5 Å². The molecule has 1 atom stereocenters. The van der Waals surface area contributed by atoms with Gasteiger partial charge in [-0.3, -0.25) is 9.59 Å². The van der Waals surface area contributed by atoms with Gasteiger partial charge in [-0.2, -0.15) is 0 Å². The van der Waals surface area contributed by atoms with E-state index in [4.69, 9.17) is 18.9 Å². The van der Waals surface area contributed by atoms with Crippen LogP contribution in [-0.2, 0) is 28.5 Å². The number of hydrogen-bond donors (Lipinski definition) is 0. The van der Waals surface area contributed by atoms with Crippen LogP contribution in [0.3, 0.4) is 0 Å². The lowest BCUT2D eigenvalue weighted by Crippen LogP contribution is -2.39. The molecule has 0 aliphatic heterocycles. The van der Waals surface area contributed by atoms with Gasteiger partial charge < -0.3 is 18.9 Å². The SMILES string of the molecule is CCCCCCCCCCCCCCCC(=O)OCC(COC(CC)(CC)CCOC(C)(CC)CC)OC(=O)CCCCCCCCCCCCCCC. The Balaban J connectivity index is 4.69. The fourth-order valence-corrected chi connectivity index (χ4v) is 7.28. The molecule has 0 heterocycles. The van der Waals surface area contributed by atoms with Crippen LogP contribution in [0.1, 0.15) is 260 Å². The van der Waals surface area contributed by atoms with Crippen LogP contribution < -0.4 is 0 Å². The van der Waals surface area contributed by atoms with E-state index in [-0.39, 0.29) is 36.4 Å². The molecule has 0 N–H and O–H groups in total. The molecule has 322 valence electrons. The fraction of sp³-hybridized carbons (Fsp3) is 0.958. The minimum absolute atomic E-state index is 0.0470. The van der Waals surface area contributed by atoms with Crippen molar-refractivity contribution in [2.45, 2.75) is 278 Å². The molecule has 0 radical (unpaired) electrons. The van der Waals surface area contributed by atoms with Crippen molar-refractivity contribution in [3.63, 3.8) is 0 Å². The topological polar surface area (TPSA) is 71.1 Å². The van der Waals surface area contributed by atoms with Crippen molar-refractivity contribution in [3.8, 4) is 0 Å². The summed E-state index contributed by atoms with van der Waals surface area (Å²) in [7, 11) is 0. The highest BCUT2D eigenvalue weighted by Gasteiger charge is 2.31. The highest BCUT2D eigenvalue weighted by Crippen LogP contribution is 2.28. The third kappa shape index (κ3) is 31.0. The van der Waals surface area contributed by atoms with E-state index < -0.39 is 6.10 Å². The summed E-state index contributed by atoms with van der Waals surface area (Å²) in [5.74, 6) is -0.428. The van der Waals surface area contributed by atoms with Gasteiger partial charge in [0.25, 0.3) is 0 Å². The number of unbranched alkanes of at least 4 members (excludes halogenated alkanes) is 24. The quantitative estimate of drug-likeness (QED) is 0.0455. The summed E-state index contributed by atoms with van der Waals surface area (Å²) in [6.07, 6.45) is 37.6. The summed E-state index contributed by atoms with van der Waals surface area (Å²) >= 11 is 0. The van der Waals surface area contributed by atoms with E-state index in [0.29, 0.717) is 19.4 Å². The summed E-state index contributed by atoms with van der Waals surface area (Å²) in [5, 5.41) is 0. The summed E-state index contributed by atoms with van der Waals surface area (Å²) in [4.78, 5) is 25.7. The van der Waals surface area contributed by atoms with Crippen LogP contribution in [0, 0.1) is 0 Å². The van der Waals surface area contributed by atoms with E-state index in [0.717, 1.165) is 57.8 Å². The lowest BCUT2D eigenvalue weighted by molar-refractivity contribution is -0.170. The van der Waals surface area contributed by atoms with E-state index in [9.17, 15) is 9.59 Å². The first-order valence-electron chi connectivity index (χ1n) is 23.9. The van der Waals surface area contributed by atoms with Gasteiger partial charge in [-0.25, -0.2) is 0 Å². The second-order valence-corrected chi connectivity index (χ2v) is 16.7. The molecular formula is C48H94O6. The normalized spacial score (nSPS) is 12.6. The highest BCUT2D eigenvalue weighted by molar-refractivity contribution is 5.70. The lowest BCUT2D eigenvalue weighted by atomic mass is 9.93. The number of carbonyl (C=O) groups excluding carboxylic acids is 2. The predicted molar refractivity (Wildman–Crippen MR) is 230 cm³/mol. The fourth-order valence-electron chi connectivity index (χ4n) is 7.28. The average Bonchev–Trinajstić information content (AvgIpc) is 3.18. The zero-order valence-electron chi connectivity index (χ0n) is 37.5. The van der Waals surface area contributed by atoms with Crippen molar-refractivity contribution in [3.05, 3.63) is 0 Å². The molecule has 6 heteroatoms. The van der Waals surface area contributed by atoms with Crippen LogP contribution in [-0.4, -0.2) is 49.1 Å². The Morgan fingerprint density at radius 1 is 0.444 bits per heavy atom. The van der Waals surface area contributed by atoms with Gasteiger partial charge in [-0.05, 0) is 51.9 Å². The van der Waals surface area contributed by atoms with E-state index in [2.05, 4.69) is 48.5 Å². The van der Waals surface area contributed by atoms with Crippen molar-refractivity contribution in [2.24, 2.45) is 0 Å². The monoisotopic (exact) mass is 767 g/mol. The molecule has 0 fully saturated rings. The van der Waals surface area contributed by atoms with E-state index in [1.807, 2.05) is 0 Å². The van der Waals surface area contributed by atoms with Crippen LogP contribution in [0.2, 0.25) is 0 Å². The number of ether oxygens (including phenoxy) is 4. The first kappa shape index (κ1) is 52.9. The van der Waals surface area contributed by atoms with E-state index in [1.54, 1.807) is 0 Å². The van der Waals surface area contributed by atoms with Gasteiger partial charge in [0, 0.05) is 12.8 Å². The molecule has 54 heavy (non-hydrogen) atoms. The number of esters is 2. The minimum Gasteiger partial charge on any atom is -0.462 e. The Bertz CT molecular complexity index is 820. The van der Waals surface area contributed by atoms with E-state index >= 15 is 0 Å². The molecule has 0 rings (SSSR count).